The summed E-state index contributed by atoms with van der Waals surface area (Å²) in [5, 5.41) is 14.9. The molecular weight excluding hydrogens is 865 g/mol. The van der Waals surface area contributed by atoms with E-state index in [0.717, 1.165) is 22.3 Å². The smallest absolute Gasteiger partial charge is 0.407 e. The molecule has 0 aromatic heterocycles. The van der Waals surface area contributed by atoms with Crippen molar-refractivity contribution in [1.29, 1.82) is 0 Å². The Morgan fingerprint density at radius 2 is 0.879 bits per heavy atom. The van der Waals surface area contributed by atoms with E-state index in [4.69, 9.17) is 61.6 Å². The average molecular weight is 939 g/mol. The van der Waals surface area contributed by atoms with Crippen LogP contribution in [0.25, 0.3) is 11.1 Å². The Kier molecular flexibility index (Phi) is 33.5. The molecule has 0 saturated carbocycles. The topological polar surface area (TPSA) is 215 Å². The van der Waals surface area contributed by atoms with Crippen LogP contribution in [0, 0.1) is 0 Å². The van der Waals surface area contributed by atoms with Gasteiger partial charge in [0.15, 0.2) is 0 Å². The molecule has 2 aromatic rings. The number of hydrogen-bond donors (Lipinski definition) is 3. The summed E-state index contributed by atoms with van der Waals surface area (Å²) in [6.07, 6.45) is 0.734. The quantitative estimate of drug-likeness (QED) is 0.0811. The molecule has 0 unspecified atom stereocenters. The predicted molar refractivity (Wildman–Crippen MR) is 242 cm³/mol. The first-order valence-electron chi connectivity index (χ1n) is 23.0. The van der Waals surface area contributed by atoms with E-state index in [2.05, 4.69) is 34.9 Å². The molecule has 19 nitrogen and oxygen atoms in total. The zero-order chi connectivity index (χ0) is 47.0. The van der Waals surface area contributed by atoms with Gasteiger partial charge in [0.05, 0.1) is 152 Å². The number of carbonyl (C=O) groups is 3. The SMILES string of the molecule is COCCOCCOCCOCCOCCOCCOCCOCCOCCOCCOCCOCCC(=O)N[C@@H](CCCCNC(=O)OCC1c2ccccc2-c2ccccc21)C(=O)O. The Labute approximate surface area is 389 Å². The molecule has 0 spiro atoms. The Morgan fingerprint density at radius 1 is 0.515 bits per heavy atom. The van der Waals surface area contributed by atoms with Gasteiger partial charge in [-0.1, -0.05) is 48.5 Å². The van der Waals surface area contributed by atoms with Gasteiger partial charge in [0, 0.05) is 26.0 Å². The summed E-state index contributed by atoms with van der Waals surface area (Å²) in [5.41, 5.74) is 4.58. The number of amides is 2. The van der Waals surface area contributed by atoms with Crippen LogP contribution in [0.3, 0.4) is 0 Å². The zero-order valence-electron chi connectivity index (χ0n) is 38.8. The van der Waals surface area contributed by atoms with E-state index in [0.29, 0.717) is 158 Å². The highest BCUT2D eigenvalue weighted by atomic mass is 16.6. The van der Waals surface area contributed by atoms with Crippen LogP contribution in [0.1, 0.15) is 42.7 Å². The highest BCUT2D eigenvalue weighted by molar-refractivity contribution is 5.83. The Bertz CT molecular complexity index is 1490. The third kappa shape index (κ3) is 27.1. The molecule has 0 bridgehead atoms. The van der Waals surface area contributed by atoms with Gasteiger partial charge in [-0.3, -0.25) is 4.79 Å². The molecule has 66 heavy (non-hydrogen) atoms. The number of unbranched alkanes of at least 4 members (excludes halogenated alkanes) is 1. The number of carboxylic acids is 1. The highest BCUT2D eigenvalue weighted by Crippen LogP contribution is 2.44. The lowest BCUT2D eigenvalue weighted by molar-refractivity contribution is -0.142. The van der Waals surface area contributed by atoms with Gasteiger partial charge >= 0.3 is 12.1 Å². The minimum atomic E-state index is -1.12. The van der Waals surface area contributed by atoms with Gasteiger partial charge in [0.2, 0.25) is 5.91 Å². The summed E-state index contributed by atoms with van der Waals surface area (Å²) in [5.74, 6) is -1.56. The number of carbonyl (C=O) groups excluding carboxylic acids is 2. The third-order valence-electron chi connectivity index (χ3n) is 9.79. The first-order valence-corrected chi connectivity index (χ1v) is 23.0. The molecule has 3 N–H and O–H groups in total. The Hall–Kier alpha value is -3.83. The minimum absolute atomic E-state index is 0.0200. The largest absolute Gasteiger partial charge is 0.480 e. The number of methoxy groups -OCH3 is 1. The summed E-state index contributed by atoms with van der Waals surface area (Å²) in [4.78, 5) is 36.5. The lowest BCUT2D eigenvalue weighted by atomic mass is 9.98. The predicted octanol–water partition coefficient (Wildman–Crippen LogP) is 3.48. The number of hydrogen-bond acceptors (Lipinski definition) is 16. The van der Waals surface area contributed by atoms with Gasteiger partial charge < -0.3 is 77.3 Å². The summed E-state index contributed by atoms with van der Waals surface area (Å²) in [6, 6.07) is 15.2. The number of benzene rings is 2. The lowest BCUT2D eigenvalue weighted by Gasteiger charge is -2.15. The molecule has 374 valence electrons. The van der Waals surface area contributed by atoms with Gasteiger partial charge in [-0.2, -0.15) is 0 Å². The van der Waals surface area contributed by atoms with Crippen molar-refractivity contribution in [1.82, 2.24) is 10.6 Å². The molecule has 19 heteroatoms. The number of fused-ring (bicyclic) bond motifs is 3. The maximum Gasteiger partial charge on any atom is 0.407 e. The van der Waals surface area contributed by atoms with Crippen molar-refractivity contribution in [3.8, 4) is 11.1 Å². The number of rotatable bonds is 45. The van der Waals surface area contributed by atoms with Gasteiger partial charge in [-0.05, 0) is 41.5 Å². The third-order valence-corrected chi connectivity index (χ3v) is 9.79. The fraction of sp³-hybridized carbons (Fsp3) is 0.681. The molecule has 0 aliphatic heterocycles. The van der Waals surface area contributed by atoms with Gasteiger partial charge in [-0.15, -0.1) is 0 Å². The molecule has 1 aliphatic rings. The molecule has 0 fully saturated rings. The van der Waals surface area contributed by atoms with Crippen LogP contribution < -0.4 is 10.6 Å². The van der Waals surface area contributed by atoms with Crippen LogP contribution in [0.2, 0.25) is 0 Å². The average Bonchev–Trinajstić information content (AvgIpc) is 3.64. The van der Waals surface area contributed by atoms with Crippen LogP contribution in [-0.2, 0) is 71.2 Å². The molecule has 1 aliphatic carbocycles. The monoisotopic (exact) mass is 938 g/mol. The van der Waals surface area contributed by atoms with Crippen molar-refractivity contribution in [2.24, 2.45) is 0 Å². The fourth-order valence-electron chi connectivity index (χ4n) is 6.45. The van der Waals surface area contributed by atoms with Gasteiger partial charge in [0.1, 0.15) is 12.6 Å². The van der Waals surface area contributed by atoms with Crippen LogP contribution >= 0.6 is 0 Å². The molecule has 1 atom stereocenters. The number of ether oxygens (including phenoxy) is 13. The molecule has 3 rings (SSSR count). The molecule has 0 heterocycles. The van der Waals surface area contributed by atoms with Gasteiger partial charge in [-0.25, -0.2) is 9.59 Å². The van der Waals surface area contributed by atoms with E-state index in [1.54, 1.807) is 7.11 Å². The van der Waals surface area contributed by atoms with Crippen molar-refractivity contribution in [2.75, 3.05) is 172 Å². The second-order valence-corrected chi connectivity index (χ2v) is 14.7. The zero-order valence-corrected chi connectivity index (χ0v) is 38.8. The molecule has 0 radical (unpaired) electrons. The number of nitrogens with one attached hydrogen (secondary N) is 2. The minimum Gasteiger partial charge on any atom is -0.480 e. The normalized spacial score (nSPS) is 12.5. The second-order valence-electron chi connectivity index (χ2n) is 14.7. The Morgan fingerprint density at radius 3 is 1.26 bits per heavy atom. The molecule has 2 amide bonds. The van der Waals surface area contributed by atoms with Crippen molar-refractivity contribution in [3.05, 3.63) is 59.7 Å². The summed E-state index contributed by atoms with van der Waals surface area (Å²) < 4.78 is 70.4. The van der Waals surface area contributed by atoms with E-state index in [-0.39, 0.29) is 38.6 Å². The lowest BCUT2D eigenvalue weighted by Crippen LogP contribution is -2.41. The van der Waals surface area contributed by atoms with Crippen LogP contribution in [0.15, 0.2) is 48.5 Å². The van der Waals surface area contributed by atoms with Crippen molar-refractivity contribution in [3.63, 3.8) is 0 Å². The first kappa shape index (κ1) is 56.5. The van der Waals surface area contributed by atoms with E-state index in [1.165, 1.54) is 0 Å². The maximum absolute atomic E-state index is 12.4. The van der Waals surface area contributed by atoms with Crippen LogP contribution in [0.4, 0.5) is 4.79 Å². The van der Waals surface area contributed by atoms with E-state index in [1.807, 2.05) is 24.3 Å². The van der Waals surface area contributed by atoms with Crippen LogP contribution in [-0.4, -0.2) is 201 Å². The fourth-order valence-corrected chi connectivity index (χ4v) is 6.45. The standard InChI is InChI=1S/C47H74N2O17/c1-54-16-17-56-20-21-58-24-25-60-28-29-62-32-33-64-36-37-65-35-34-63-31-30-61-27-26-59-23-22-57-19-18-55-15-13-45(50)49-44(46(51)52)12-6-7-14-48-47(53)66-38-43-41-10-4-2-8-39(41)40-9-3-5-11-42(40)43/h2-5,8-11,43-44H,6-7,12-38H2,1H3,(H,48,53)(H,49,50)(H,51,52)/t44-/m0/s1. The Balaban J connectivity index is 0.988. The van der Waals surface area contributed by atoms with Crippen molar-refractivity contribution in [2.45, 2.75) is 37.6 Å². The number of carboxylic acid groups (broad SMARTS) is 1. The van der Waals surface area contributed by atoms with Gasteiger partial charge in [0.25, 0.3) is 0 Å². The van der Waals surface area contributed by atoms with Crippen molar-refractivity contribution >= 4 is 18.0 Å². The number of aliphatic carboxylic acids is 1. The molecule has 0 saturated heterocycles. The second kappa shape index (κ2) is 39.2. The summed E-state index contributed by atoms with van der Waals surface area (Å²) in [7, 11) is 1.64. The van der Waals surface area contributed by atoms with E-state index >= 15 is 0 Å². The maximum atomic E-state index is 12.4. The molecule has 2 aromatic carbocycles. The first-order chi connectivity index (χ1) is 32.5. The van der Waals surface area contributed by atoms with Crippen molar-refractivity contribution < 1.29 is 81.1 Å². The van der Waals surface area contributed by atoms with E-state index < -0.39 is 24.0 Å². The summed E-state index contributed by atoms with van der Waals surface area (Å²) >= 11 is 0. The summed E-state index contributed by atoms with van der Waals surface area (Å²) in [6.45, 7) is 10.9. The molecular formula is C47H74N2O17. The van der Waals surface area contributed by atoms with E-state index in [9.17, 15) is 19.5 Å². The highest BCUT2D eigenvalue weighted by Gasteiger charge is 2.29. The van der Waals surface area contributed by atoms with Crippen LogP contribution in [0.5, 0.6) is 0 Å². The number of alkyl carbamates (subject to hydrolysis) is 1.